The molecule has 0 saturated carbocycles. The summed E-state index contributed by atoms with van der Waals surface area (Å²) >= 11 is 0. The van der Waals surface area contributed by atoms with Crippen LogP contribution in [0.3, 0.4) is 0 Å². The second-order valence-electron chi connectivity index (χ2n) is 8.85. The van der Waals surface area contributed by atoms with Crippen LogP contribution in [-0.2, 0) is 22.1 Å². The predicted octanol–water partition coefficient (Wildman–Crippen LogP) is 6.32. The molecular formula is C27H22F4O5. The van der Waals surface area contributed by atoms with E-state index in [2.05, 4.69) is 0 Å². The lowest BCUT2D eigenvalue weighted by molar-refractivity contribution is -0.141. The number of aromatic hydroxyl groups is 1. The average molecular weight is 502 g/mol. The number of fused-ring (bicyclic) bond motifs is 2. The van der Waals surface area contributed by atoms with E-state index >= 15 is 0 Å². The summed E-state index contributed by atoms with van der Waals surface area (Å²) in [6, 6.07) is 10.7. The maximum Gasteiger partial charge on any atom is 0.417 e. The van der Waals surface area contributed by atoms with E-state index in [-0.39, 0.29) is 41.6 Å². The van der Waals surface area contributed by atoms with Crippen molar-refractivity contribution in [2.24, 2.45) is 0 Å². The lowest BCUT2D eigenvalue weighted by Crippen LogP contribution is -2.11. The van der Waals surface area contributed by atoms with Crippen LogP contribution in [0.25, 0.3) is 11.1 Å². The van der Waals surface area contributed by atoms with Crippen molar-refractivity contribution in [3.63, 3.8) is 0 Å². The van der Waals surface area contributed by atoms with E-state index in [1.54, 1.807) is 12.1 Å². The van der Waals surface area contributed by atoms with Crippen molar-refractivity contribution < 1.29 is 41.7 Å². The summed E-state index contributed by atoms with van der Waals surface area (Å²) in [5.41, 5.74) is 0.394. The van der Waals surface area contributed by atoms with Crippen LogP contribution >= 0.6 is 0 Å². The van der Waals surface area contributed by atoms with Gasteiger partial charge in [-0.05, 0) is 48.2 Å². The first-order chi connectivity index (χ1) is 17.2. The van der Waals surface area contributed by atoms with Crippen LogP contribution < -0.4 is 9.47 Å². The van der Waals surface area contributed by atoms with Gasteiger partial charge in [0.2, 0.25) is 0 Å². The number of carbonyl (C=O) groups excluding carboxylic acids is 1. The first kappa shape index (κ1) is 24.0. The fourth-order valence-electron chi connectivity index (χ4n) is 4.99. The summed E-state index contributed by atoms with van der Waals surface area (Å²) in [7, 11) is 1.33. The zero-order valence-electron chi connectivity index (χ0n) is 19.2. The molecule has 1 heterocycles. The highest BCUT2D eigenvalue weighted by atomic mass is 19.4. The van der Waals surface area contributed by atoms with Crippen molar-refractivity contribution >= 4 is 5.97 Å². The molecule has 1 aliphatic carbocycles. The molecule has 0 radical (unpaired) electrons. The molecule has 0 spiro atoms. The molecule has 0 saturated heterocycles. The van der Waals surface area contributed by atoms with Crippen LogP contribution in [0.2, 0.25) is 0 Å². The van der Waals surface area contributed by atoms with Gasteiger partial charge in [-0.15, -0.1) is 0 Å². The number of alkyl halides is 3. The molecule has 2 unspecified atom stereocenters. The van der Waals surface area contributed by atoms with E-state index in [4.69, 9.17) is 14.2 Å². The molecule has 5 rings (SSSR count). The summed E-state index contributed by atoms with van der Waals surface area (Å²) in [4.78, 5) is 11.6. The average Bonchev–Trinajstić information content (AvgIpc) is 3.42. The molecule has 0 aromatic heterocycles. The zero-order chi connectivity index (χ0) is 25.6. The fraction of sp³-hybridized carbons (Fsp3) is 0.296. The standard InChI is InChI=1S/C27H22F4O5/c1-34-25(33)10-14-13-35-24-12-16(3-5-17(14)24)36-23-9-7-19-18(23)6-8-21(27(29,30)31)26(19)20-4-2-15(32)11-22(20)28/h2-6,8,11-12,14,23,32H,7,9-10,13H2,1H3. The topological polar surface area (TPSA) is 65.0 Å². The summed E-state index contributed by atoms with van der Waals surface area (Å²) in [6.07, 6.45) is -4.36. The van der Waals surface area contributed by atoms with E-state index in [1.807, 2.05) is 6.07 Å². The van der Waals surface area contributed by atoms with Crippen LogP contribution in [0, 0.1) is 5.82 Å². The van der Waals surface area contributed by atoms with Crippen molar-refractivity contribution in [2.45, 2.75) is 37.5 Å². The lowest BCUT2D eigenvalue weighted by atomic mass is 9.91. The SMILES string of the molecule is COC(=O)CC1COc2cc(OC3CCc4c3ccc(C(F)(F)F)c4-c3ccc(O)cc3F)ccc21. The number of esters is 1. The molecule has 36 heavy (non-hydrogen) atoms. The van der Waals surface area contributed by atoms with Crippen LogP contribution in [0.4, 0.5) is 17.6 Å². The Balaban J connectivity index is 1.47. The van der Waals surface area contributed by atoms with Gasteiger partial charge in [-0.3, -0.25) is 4.79 Å². The third-order valence-corrected chi connectivity index (χ3v) is 6.66. The molecule has 9 heteroatoms. The minimum absolute atomic E-state index is 0.128. The Morgan fingerprint density at radius 1 is 1.11 bits per heavy atom. The van der Waals surface area contributed by atoms with Crippen LogP contribution in [0.15, 0.2) is 48.5 Å². The summed E-state index contributed by atoms with van der Waals surface area (Å²) in [5.74, 6) is -0.709. The fourth-order valence-corrected chi connectivity index (χ4v) is 4.99. The number of hydrogen-bond donors (Lipinski definition) is 1. The van der Waals surface area contributed by atoms with Gasteiger partial charge in [-0.2, -0.15) is 13.2 Å². The van der Waals surface area contributed by atoms with Crippen LogP contribution in [0.1, 0.15) is 47.1 Å². The van der Waals surface area contributed by atoms with Gasteiger partial charge in [0.15, 0.2) is 0 Å². The summed E-state index contributed by atoms with van der Waals surface area (Å²) in [5, 5.41) is 9.54. The maximum absolute atomic E-state index is 14.7. The minimum Gasteiger partial charge on any atom is -0.508 e. The number of methoxy groups -OCH3 is 1. The van der Waals surface area contributed by atoms with Gasteiger partial charge in [0.05, 0.1) is 25.7 Å². The van der Waals surface area contributed by atoms with Crippen LogP contribution in [0.5, 0.6) is 17.2 Å². The molecule has 1 N–H and O–H groups in total. The van der Waals surface area contributed by atoms with E-state index in [0.717, 1.165) is 23.8 Å². The number of ether oxygens (including phenoxy) is 3. The third-order valence-electron chi connectivity index (χ3n) is 6.66. The molecule has 5 nitrogen and oxygen atoms in total. The molecule has 1 aliphatic heterocycles. The zero-order valence-corrected chi connectivity index (χ0v) is 19.2. The van der Waals surface area contributed by atoms with Gasteiger partial charge in [0, 0.05) is 34.7 Å². The molecule has 2 aliphatic rings. The summed E-state index contributed by atoms with van der Waals surface area (Å²) < 4.78 is 72.9. The van der Waals surface area contributed by atoms with Crippen molar-refractivity contribution in [3.05, 3.63) is 76.6 Å². The number of phenols is 1. The number of carbonyl (C=O) groups is 1. The van der Waals surface area contributed by atoms with Gasteiger partial charge in [0.1, 0.15) is 29.2 Å². The van der Waals surface area contributed by atoms with Gasteiger partial charge in [-0.1, -0.05) is 12.1 Å². The molecule has 0 fully saturated rings. The maximum atomic E-state index is 14.7. The highest BCUT2D eigenvalue weighted by Crippen LogP contribution is 2.47. The molecular weight excluding hydrogens is 480 g/mol. The van der Waals surface area contributed by atoms with Gasteiger partial charge < -0.3 is 19.3 Å². The minimum atomic E-state index is -4.69. The predicted molar refractivity (Wildman–Crippen MR) is 122 cm³/mol. The number of halogens is 4. The first-order valence-electron chi connectivity index (χ1n) is 11.4. The smallest absolute Gasteiger partial charge is 0.417 e. The van der Waals surface area contributed by atoms with E-state index in [9.17, 15) is 27.5 Å². The van der Waals surface area contributed by atoms with Crippen molar-refractivity contribution in [2.75, 3.05) is 13.7 Å². The first-order valence-corrected chi connectivity index (χ1v) is 11.4. The monoisotopic (exact) mass is 502 g/mol. The number of phenolic OH excluding ortho intramolecular Hbond substituents is 1. The quantitative estimate of drug-likeness (QED) is 0.327. The van der Waals surface area contributed by atoms with Crippen molar-refractivity contribution in [1.82, 2.24) is 0 Å². The van der Waals surface area contributed by atoms with Gasteiger partial charge >= 0.3 is 12.1 Å². The molecule has 3 aromatic rings. The molecule has 0 amide bonds. The highest BCUT2D eigenvalue weighted by molar-refractivity contribution is 5.75. The molecule has 0 bridgehead atoms. The Bertz CT molecular complexity index is 1330. The lowest BCUT2D eigenvalue weighted by Gasteiger charge is -2.20. The van der Waals surface area contributed by atoms with E-state index in [0.29, 0.717) is 35.7 Å². The second-order valence-corrected chi connectivity index (χ2v) is 8.85. The highest BCUT2D eigenvalue weighted by Gasteiger charge is 2.39. The van der Waals surface area contributed by atoms with Crippen molar-refractivity contribution in [3.8, 4) is 28.4 Å². The Kier molecular flexibility index (Phi) is 6.02. The third kappa shape index (κ3) is 4.34. The second kappa shape index (κ2) is 9.04. The van der Waals surface area contributed by atoms with Crippen LogP contribution in [-0.4, -0.2) is 24.8 Å². The largest absolute Gasteiger partial charge is 0.508 e. The Morgan fingerprint density at radius 3 is 2.61 bits per heavy atom. The Hall–Kier alpha value is -3.75. The molecule has 188 valence electrons. The number of benzene rings is 3. The van der Waals surface area contributed by atoms with E-state index in [1.165, 1.54) is 19.2 Å². The van der Waals surface area contributed by atoms with Gasteiger partial charge in [-0.25, -0.2) is 4.39 Å². The molecule has 3 aromatic carbocycles. The van der Waals surface area contributed by atoms with Gasteiger partial charge in [0.25, 0.3) is 0 Å². The normalized spacial score (nSPS) is 18.4. The Labute approximate surface area is 204 Å². The van der Waals surface area contributed by atoms with E-state index < -0.39 is 23.7 Å². The Morgan fingerprint density at radius 2 is 1.89 bits per heavy atom. The molecule has 2 atom stereocenters. The number of hydrogen-bond acceptors (Lipinski definition) is 5. The summed E-state index contributed by atoms with van der Waals surface area (Å²) in [6.45, 7) is 0.335. The van der Waals surface area contributed by atoms with Crippen molar-refractivity contribution in [1.29, 1.82) is 0 Å². The number of rotatable bonds is 5.